The summed E-state index contributed by atoms with van der Waals surface area (Å²) >= 11 is 0. The Labute approximate surface area is 124 Å². The minimum absolute atomic E-state index is 0.0848. The number of nitrogens with zero attached hydrogens (tertiary/aromatic N) is 3. The molecule has 21 heavy (non-hydrogen) atoms. The second kappa shape index (κ2) is 6.15. The van der Waals surface area contributed by atoms with Crippen molar-refractivity contribution >= 4 is 15.8 Å². The second-order valence-corrected chi connectivity index (χ2v) is 7.99. The van der Waals surface area contributed by atoms with E-state index in [2.05, 4.69) is 5.10 Å². The van der Waals surface area contributed by atoms with E-state index in [0.717, 1.165) is 5.56 Å². The first-order valence-corrected chi connectivity index (χ1v) is 8.78. The number of sulfone groups is 1. The zero-order chi connectivity index (χ0) is 15.6. The fourth-order valence-corrected chi connectivity index (χ4v) is 4.09. The Morgan fingerprint density at radius 2 is 2.24 bits per heavy atom. The smallest absolute Gasteiger partial charge is 0.304 e. The van der Waals surface area contributed by atoms with Crippen LogP contribution in [0.1, 0.15) is 31.9 Å². The van der Waals surface area contributed by atoms with Crippen molar-refractivity contribution in [1.82, 2.24) is 14.7 Å². The van der Waals surface area contributed by atoms with Crippen LogP contribution < -0.4 is 0 Å². The lowest BCUT2D eigenvalue weighted by atomic mass is 10.1. The Kier molecular flexibility index (Phi) is 4.67. The van der Waals surface area contributed by atoms with Crippen LogP contribution in [0.3, 0.4) is 0 Å². The molecule has 1 saturated heterocycles. The van der Waals surface area contributed by atoms with E-state index in [1.807, 2.05) is 29.6 Å². The van der Waals surface area contributed by atoms with Crippen LogP contribution in [-0.2, 0) is 21.2 Å². The summed E-state index contributed by atoms with van der Waals surface area (Å²) in [6, 6.07) is -0.209. The molecule has 0 aliphatic carbocycles. The van der Waals surface area contributed by atoms with Crippen molar-refractivity contribution in [3.05, 3.63) is 18.0 Å². The molecule has 0 saturated carbocycles. The molecule has 1 aromatic heterocycles. The van der Waals surface area contributed by atoms with Gasteiger partial charge in [0.15, 0.2) is 9.84 Å². The molecule has 1 aliphatic rings. The Morgan fingerprint density at radius 3 is 2.81 bits per heavy atom. The molecule has 0 amide bonds. The van der Waals surface area contributed by atoms with Gasteiger partial charge in [0.2, 0.25) is 0 Å². The number of rotatable bonds is 5. The molecule has 0 spiro atoms. The average molecular weight is 315 g/mol. The van der Waals surface area contributed by atoms with Crippen LogP contribution >= 0.6 is 0 Å². The molecule has 0 radical (unpaired) electrons. The molecule has 2 rings (SSSR count). The molecule has 1 unspecified atom stereocenters. The Morgan fingerprint density at radius 1 is 1.52 bits per heavy atom. The van der Waals surface area contributed by atoms with Crippen LogP contribution in [0.2, 0.25) is 0 Å². The van der Waals surface area contributed by atoms with E-state index in [4.69, 9.17) is 5.11 Å². The van der Waals surface area contributed by atoms with Crippen LogP contribution in [0.15, 0.2) is 12.4 Å². The Hall–Kier alpha value is -1.41. The van der Waals surface area contributed by atoms with Crippen LogP contribution in [0, 0.1) is 0 Å². The normalized spacial score (nSPS) is 22.5. The number of aliphatic carboxylic acids is 1. The van der Waals surface area contributed by atoms with Gasteiger partial charge in [0, 0.05) is 36.9 Å². The highest BCUT2D eigenvalue weighted by molar-refractivity contribution is 7.91. The molecule has 0 aromatic carbocycles. The van der Waals surface area contributed by atoms with Gasteiger partial charge in [0.1, 0.15) is 0 Å². The minimum Gasteiger partial charge on any atom is -0.481 e. The summed E-state index contributed by atoms with van der Waals surface area (Å²) in [5.41, 5.74) is 0.971. The third-order valence-corrected chi connectivity index (χ3v) is 5.33. The average Bonchev–Trinajstić information content (AvgIpc) is 2.80. The lowest BCUT2D eigenvalue weighted by molar-refractivity contribution is -0.138. The summed E-state index contributed by atoms with van der Waals surface area (Å²) in [5, 5.41) is 13.2. The Balaban J connectivity index is 2.10. The van der Waals surface area contributed by atoms with E-state index < -0.39 is 21.8 Å². The maximum absolute atomic E-state index is 11.7. The van der Waals surface area contributed by atoms with Gasteiger partial charge in [-0.1, -0.05) is 0 Å². The summed E-state index contributed by atoms with van der Waals surface area (Å²) in [5.74, 6) is -0.973. The van der Waals surface area contributed by atoms with E-state index in [1.54, 1.807) is 6.20 Å². The lowest BCUT2D eigenvalue weighted by Gasteiger charge is -2.34. The van der Waals surface area contributed by atoms with E-state index >= 15 is 0 Å². The number of carboxylic acids is 1. The van der Waals surface area contributed by atoms with Gasteiger partial charge in [0.25, 0.3) is 0 Å². The summed E-state index contributed by atoms with van der Waals surface area (Å²) in [6.45, 7) is 4.95. The third-order valence-electron chi connectivity index (χ3n) is 3.63. The largest absolute Gasteiger partial charge is 0.481 e. The first-order valence-electron chi connectivity index (χ1n) is 6.96. The topological polar surface area (TPSA) is 92.5 Å². The molecule has 1 fully saturated rings. The molecule has 1 aliphatic heterocycles. The van der Waals surface area contributed by atoms with Crippen molar-refractivity contribution < 1.29 is 18.3 Å². The summed E-state index contributed by atoms with van der Waals surface area (Å²) in [4.78, 5) is 12.9. The van der Waals surface area contributed by atoms with Crippen molar-refractivity contribution in [2.75, 3.05) is 18.1 Å². The monoisotopic (exact) mass is 315 g/mol. The second-order valence-electron chi connectivity index (χ2n) is 5.76. The number of hydrogen-bond acceptors (Lipinski definition) is 5. The first-order chi connectivity index (χ1) is 9.77. The van der Waals surface area contributed by atoms with Crippen molar-refractivity contribution in [1.29, 1.82) is 0 Å². The molecular formula is C13H21N3O4S. The van der Waals surface area contributed by atoms with Gasteiger partial charge < -0.3 is 5.11 Å². The number of aromatic nitrogens is 2. The SMILES string of the molecule is CC(C)n1cc(CN2CCS(=O)(=O)CC2CC(=O)O)cn1. The summed E-state index contributed by atoms with van der Waals surface area (Å²) in [7, 11) is -3.14. The van der Waals surface area contributed by atoms with Crippen molar-refractivity contribution in [3.63, 3.8) is 0 Å². The molecule has 118 valence electrons. The standard InChI is InChI=1S/C13H21N3O4S/c1-10(2)16-8-11(6-14-16)7-15-3-4-21(19,20)9-12(15)5-13(17)18/h6,8,10,12H,3-5,7,9H2,1-2H3,(H,17,18). The van der Waals surface area contributed by atoms with E-state index in [1.165, 1.54) is 0 Å². The maximum Gasteiger partial charge on any atom is 0.304 e. The fourth-order valence-electron chi connectivity index (χ4n) is 2.49. The molecule has 8 heteroatoms. The Bertz CT molecular complexity index is 609. The van der Waals surface area contributed by atoms with Gasteiger partial charge in [-0.2, -0.15) is 5.10 Å². The van der Waals surface area contributed by atoms with Crippen LogP contribution in [0.4, 0.5) is 0 Å². The quantitative estimate of drug-likeness (QED) is 0.852. The first kappa shape index (κ1) is 16.0. The van der Waals surface area contributed by atoms with Gasteiger partial charge in [-0.15, -0.1) is 0 Å². The summed E-state index contributed by atoms with van der Waals surface area (Å²) < 4.78 is 25.2. The van der Waals surface area contributed by atoms with Crippen LogP contribution in [-0.4, -0.2) is 58.3 Å². The minimum atomic E-state index is -3.14. The van der Waals surface area contributed by atoms with Crippen molar-refractivity contribution in [3.8, 4) is 0 Å². The molecule has 1 atom stereocenters. The highest BCUT2D eigenvalue weighted by Gasteiger charge is 2.32. The fraction of sp³-hybridized carbons (Fsp3) is 0.692. The van der Waals surface area contributed by atoms with Gasteiger partial charge in [-0.3, -0.25) is 14.4 Å². The molecule has 7 nitrogen and oxygen atoms in total. The van der Waals surface area contributed by atoms with Gasteiger partial charge >= 0.3 is 5.97 Å². The van der Waals surface area contributed by atoms with Crippen molar-refractivity contribution in [2.24, 2.45) is 0 Å². The van der Waals surface area contributed by atoms with E-state index in [0.29, 0.717) is 13.1 Å². The predicted octanol–water partition coefficient (Wildman–Crippen LogP) is 0.538. The third kappa shape index (κ3) is 4.28. The highest BCUT2D eigenvalue weighted by atomic mass is 32.2. The van der Waals surface area contributed by atoms with Gasteiger partial charge in [-0.25, -0.2) is 8.42 Å². The lowest BCUT2D eigenvalue weighted by Crippen LogP contribution is -2.48. The predicted molar refractivity (Wildman–Crippen MR) is 77.7 cm³/mol. The zero-order valence-corrected chi connectivity index (χ0v) is 13.1. The summed E-state index contributed by atoms with van der Waals surface area (Å²) in [6.07, 6.45) is 3.52. The maximum atomic E-state index is 11.7. The van der Waals surface area contributed by atoms with Crippen molar-refractivity contribution in [2.45, 2.75) is 38.9 Å². The highest BCUT2D eigenvalue weighted by Crippen LogP contribution is 2.18. The molecule has 1 aromatic rings. The zero-order valence-electron chi connectivity index (χ0n) is 12.3. The van der Waals surface area contributed by atoms with Crippen LogP contribution in [0.5, 0.6) is 0 Å². The molecule has 2 heterocycles. The number of carboxylic acid groups (broad SMARTS) is 1. The van der Waals surface area contributed by atoms with E-state index in [9.17, 15) is 13.2 Å². The van der Waals surface area contributed by atoms with Crippen LogP contribution in [0.25, 0.3) is 0 Å². The van der Waals surface area contributed by atoms with Gasteiger partial charge in [-0.05, 0) is 13.8 Å². The molecule has 1 N–H and O–H groups in total. The number of hydrogen-bond donors (Lipinski definition) is 1. The molecular weight excluding hydrogens is 294 g/mol. The van der Waals surface area contributed by atoms with E-state index in [-0.39, 0.29) is 24.0 Å². The molecule has 0 bridgehead atoms. The number of carbonyl (C=O) groups is 1. The van der Waals surface area contributed by atoms with Gasteiger partial charge in [0.05, 0.1) is 24.1 Å².